The third-order valence-corrected chi connectivity index (χ3v) is 14.4. The molecule has 0 spiro atoms. The smallest absolute Gasteiger partial charge is 0.0792 e. The summed E-state index contributed by atoms with van der Waals surface area (Å²) >= 11 is 2.47. The molecule has 8 rings (SSSR count). The van der Waals surface area contributed by atoms with Crippen LogP contribution in [0.4, 0.5) is 0 Å². The summed E-state index contributed by atoms with van der Waals surface area (Å²) < 4.78 is 1.10. The number of nitrogens with one attached hydrogen (secondary N) is 2. The van der Waals surface area contributed by atoms with Crippen LogP contribution in [0.25, 0.3) is 77.3 Å². The summed E-state index contributed by atoms with van der Waals surface area (Å²) in [4.78, 5) is 19.2. The fourth-order valence-electron chi connectivity index (χ4n) is 8.99. The van der Waals surface area contributed by atoms with Gasteiger partial charge in [0.05, 0.1) is 22.8 Å². The molecule has 2 aliphatic rings. The molecule has 2 N–H and O–H groups in total. The zero-order valence-electron chi connectivity index (χ0n) is 43.6. The van der Waals surface area contributed by atoms with Crippen LogP contribution in [0.1, 0.15) is 181 Å². The Morgan fingerprint density at radius 1 is 0.358 bits per heavy atom. The number of fused-ring (bicyclic) bond motifs is 8. The minimum atomic E-state index is -0.0748. The Labute approximate surface area is 415 Å². The molecule has 3 aromatic carbocycles. The van der Waals surface area contributed by atoms with Gasteiger partial charge in [-0.25, -0.2) is 9.97 Å². The number of hydrogen-bond donors (Lipinski definition) is 2. The Morgan fingerprint density at radius 3 is 1.01 bits per heavy atom. The van der Waals surface area contributed by atoms with Crippen LogP contribution in [0, 0.1) is 0 Å². The number of H-pyrrole nitrogens is 2. The Morgan fingerprint density at radius 2 is 0.672 bits per heavy atom. The van der Waals surface area contributed by atoms with E-state index in [2.05, 4.69) is 260 Å². The van der Waals surface area contributed by atoms with E-state index in [9.17, 15) is 0 Å². The van der Waals surface area contributed by atoms with Crippen LogP contribution in [0.2, 0.25) is 0 Å². The lowest BCUT2D eigenvalue weighted by Gasteiger charge is -2.26. The lowest BCUT2D eigenvalue weighted by atomic mass is 9.78. The van der Waals surface area contributed by atoms with Crippen molar-refractivity contribution in [3.8, 4) is 33.4 Å². The molecule has 0 aliphatic carbocycles. The Kier molecular flexibility index (Phi) is 12.0. The normalized spacial score (nSPS) is 13.9. The minimum absolute atomic E-state index is 0.0562. The maximum Gasteiger partial charge on any atom is 0.0792 e. The Hall–Kier alpha value is -5.01. The molecular formula is C62H73IN4. The number of nitrogens with zero attached hydrogens (tertiary/aromatic N) is 2. The fraction of sp³-hybridized carbons (Fsp3) is 0.387. The first-order valence-corrected chi connectivity index (χ1v) is 25.2. The van der Waals surface area contributed by atoms with Crippen molar-refractivity contribution in [3.63, 3.8) is 0 Å². The van der Waals surface area contributed by atoms with Gasteiger partial charge in [0.2, 0.25) is 0 Å². The van der Waals surface area contributed by atoms with Crippen molar-refractivity contribution in [1.29, 1.82) is 0 Å². The van der Waals surface area contributed by atoms with Crippen molar-refractivity contribution in [2.24, 2.45) is 0 Å². The van der Waals surface area contributed by atoms with Gasteiger partial charge < -0.3 is 9.97 Å². The van der Waals surface area contributed by atoms with Gasteiger partial charge >= 0.3 is 0 Å². The van der Waals surface area contributed by atoms with Crippen molar-refractivity contribution in [2.75, 3.05) is 0 Å². The second-order valence-electron chi connectivity index (χ2n) is 25.4. The minimum Gasteiger partial charge on any atom is -0.355 e. The van der Waals surface area contributed by atoms with Gasteiger partial charge in [-0.3, -0.25) is 0 Å². The van der Waals surface area contributed by atoms with Crippen LogP contribution in [0.3, 0.4) is 0 Å². The monoisotopic (exact) mass is 1000 g/mol. The molecule has 4 nitrogen and oxygen atoms in total. The molecule has 5 heteroatoms. The first-order valence-electron chi connectivity index (χ1n) is 24.2. The Balaban J connectivity index is 1.59. The highest BCUT2D eigenvalue weighted by Gasteiger charge is 2.27. The summed E-state index contributed by atoms with van der Waals surface area (Å²) in [7, 11) is 0. The second kappa shape index (κ2) is 16.6. The lowest BCUT2D eigenvalue weighted by Crippen LogP contribution is -2.16. The van der Waals surface area contributed by atoms with Crippen LogP contribution in [-0.2, 0) is 32.5 Å². The molecule has 348 valence electrons. The maximum atomic E-state index is 5.73. The number of rotatable bonds is 3. The van der Waals surface area contributed by atoms with Gasteiger partial charge in [0.25, 0.3) is 0 Å². The molecule has 67 heavy (non-hydrogen) atoms. The number of aromatic nitrogens is 4. The lowest BCUT2D eigenvalue weighted by molar-refractivity contribution is 0.568. The molecule has 3 aromatic heterocycles. The maximum absolute atomic E-state index is 5.73. The highest BCUT2D eigenvalue weighted by molar-refractivity contribution is 14.1. The molecule has 0 amide bonds. The number of halogens is 1. The van der Waals surface area contributed by atoms with Gasteiger partial charge in [-0.2, -0.15) is 0 Å². The topological polar surface area (TPSA) is 57.4 Å². The van der Waals surface area contributed by atoms with Crippen molar-refractivity contribution in [2.45, 2.75) is 157 Å². The zero-order chi connectivity index (χ0) is 49.0. The van der Waals surface area contributed by atoms with Crippen molar-refractivity contribution >= 4 is 66.5 Å². The van der Waals surface area contributed by atoms with Gasteiger partial charge in [0, 0.05) is 42.3 Å². The highest BCUT2D eigenvalue weighted by Crippen LogP contribution is 2.43. The molecule has 0 saturated heterocycles. The summed E-state index contributed by atoms with van der Waals surface area (Å²) in [6.07, 6.45) is 6.72. The molecule has 0 atom stereocenters. The molecule has 5 heterocycles. The standard InChI is InChI=1S/C62H73IN4/c1-57(2,3)39-25-36(26-40(31-39)58(4,5)6)54-47-20-19-45(64-47)34-52-46(63)35-53(67-52)56(38-29-43(61(13,14)15)33-44(30-38)62(16,17)18)51-24-23-50(66-51)55(49-22-21-48(54)65-49)37-27-41(59(7,8)9)32-42(28-37)60(10,11)12/h19-35,64,66H,1-18H3. The number of hydrogen-bond acceptors (Lipinski definition) is 2. The van der Waals surface area contributed by atoms with E-state index < -0.39 is 0 Å². The molecular weight excluding hydrogens is 928 g/mol. The quantitative estimate of drug-likeness (QED) is 0.173. The largest absolute Gasteiger partial charge is 0.355 e. The number of aromatic amines is 2. The van der Waals surface area contributed by atoms with Crippen LogP contribution in [0.5, 0.6) is 0 Å². The van der Waals surface area contributed by atoms with E-state index in [1.807, 2.05) is 0 Å². The van der Waals surface area contributed by atoms with E-state index >= 15 is 0 Å². The fourth-order valence-corrected chi connectivity index (χ4v) is 9.56. The second-order valence-corrected chi connectivity index (χ2v) is 26.5. The molecule has 6 aromatic rings. The van der Waals surface area contributed by atoms with E-state index in [1.54, 1.807) is 0 Å². The van der Waals surface area contributed by atoms with Crippen LogP contribution < -0.4 is 0 Å². The van der Waals surface area contributed by atoms with E-state index in [4.69, 9.17) is 9.97 Å². The average Bonchev–Trinajstić information content (AvgIpc) is 4.03. The SMILES string of the molecule is CC(C)(C)c1cc(-c2c3nc(c(-c4cc(C(C)(C)C)cc(C(C)(C)C)c4)c4ccc([nH]4)c(-c4cc(C(C)(C)C)cc(C(C)(C)C)c4)c4nc(cc5ccc2[nH]5)C(I)=C4)C=C3)cc(C(C)(C)C)c1. The van der Waals surface area contributed by atoms with Crippen LogP contribution >= 0.6 is 22.6 Å². The van der Waals surface area contributed by atoms with E-state index in [-0.39, 0.29) is 32.5 Å². The molecule has 0 radical (unpaired) electrons. The van der Waals surface area contributed by atoms with E-state index in [1.165, 1.54) is 33.4 Å². The number of benzene rings is 3. The van der Waals surface area contributed by atoms with Crippen molar-refractivity contribution in [3.05, 3.63) is 141 Å². The summed E-state index contributed by atoms with van der Waals surface area (Å²) in [5, 5.41) is 0. The third-order valence-electron chi connectivity index (χ3n) is 13.5. The third kappa shape index (κ3) is 9.96. The van der Waals surface area contributed by atoms with Gasteiger partial charge in [0.1, 0.15) is 0 Å². The zero-order valence-corrected chi connectivity index (χ0v) is 45.7. The summed E-state index contributed by atoms with van der Waals surface area (Å²) in [6, 6.07) is 32.7. The van der Waals surface area contributed by atoms with Crippen molar-refractivity contribution in [1.82, 2.24) is 19.9 Å². The molecule has 0 saturated carbocycles. The first kappa shape index (κ1) is 48.4. The molecule has 8 bridgehead atoms. The highest BCUT2D eigenvalue weighted by atomic mass is 127. The van der Waals surface area contributed by atoms with Crippen LogP contribution in [0.15, 0.2) is 84.9 Å². The predicted molar refractivity (Wildman–Crippen MR) is 300 cm³/mol. The predicted octanol–water partition coefficient (Wildman–Crippen LogP) is 18.2. The summed E-state index contributed by atoms with van der Waals surface area (Å²) in [5.41, 5.74) is 21.9. The van der Waals surface area contributed by atoms with E-state index in [0.29, 0.717) is 0 Å². The van der Waals surface area contributed by atoms with Gasteiger partial charge in [0.15, 0.2) is 0 Å². The van der Waals surface area contributed by atoms with E-state index in [0.717, 1.165) is 81.8 Å². The Bertz CT molecular complexity index is 3080. The van der Waals surface area contributed by atoms with Gasteiger partial charge in [-0.15, -0.1) is 0 Å². The average molecular weight is 1000 g/mol. The van der Waals surface area contributed by atoms with Crippen LogP contribution in [-0.4, -0.2) is 19.9 Å². The summed E-state index contributed by atoms with van der Waals surface area (Å²) in [6.45, 7) is 41.6. The van der Waals surface area contributed by atoms with Gasteiger partial charge in [-0.1, -0.05) is 179 Å². The summed E-state index contributed by atoms with van der Waals surface area (Å²) in [5.74, 6) is 0. The molecule has 0 fully saturated rings. The van der Waals surface area contributed by atoms with Gasteiger partial charge in [-0.05, 0) is 154 Å². The molecule has 0 unspecified atom stereocenters. The molecule has 2 aliphatic heterocycles. The van der Waals surface area contributed by atoms with Crippen molar-refractivity contribution < 1.29 is 0 Å². The first-order chi connectivity index (χ1) is 30.8.